The zero-order chi connectivity index (χ0) is 13.1. The van der Waals surface area contributed by atoms with Gasteiger partial charge in [0.2, 0.25) is 0 Å². The Kier molecular flexibility index (Phi) is 4.23. The smallest absolute Gasteiger partial charge is 0.128 e. The molecule has 1 aliphatic carbocycles. The molecule has 0 spiro atoms. The summed E-state index contributed by atoms with van der Waals surface area (Å²) in [7, 11) is 1.68. The molecule has 0 amide bonds. The largest absolute Gasteiger partial charge is 0.496 e. The van der Waals surface area contributed by atoms with Gasteiger partial charge in [0.25, 0.3) is 0 Å². The predicted octanol–water partition coefficient (Wildman–Crippen LogP) is 2.80. The molecule has 1 atom stereocenters. The van der Waals surface area contributed by atoms with Crippen LogP contribution in [0.1, 0.15) is 42.5 Å². The summed E-state index contributed by atoms with van der Waals surface area (Å²) in [6.45, 7) is 4.01. The number of aryl methyl sites for hydroxylation is 1. The number of ether oxygens (including phenoxy) is 1. The van der Waals surface area contributed by atoms with Crippen molar-refractivity contribution in [3.63, 3.8) is 0 Å². The summed E-state index contributed by atoms with van der Waals surface area (Å²) in [6, 6.07) is 0. The van der Waals surface area contributed by atoms with E-state index in [4.69, 9.17) is 4.74 Å². The summed E-state index contributed by atoms with van der Waals surface area (Å²) < 4.78 is 5.39. The fourth-order valence-corrected chi connectivity index (χ4v) is 2.70. The van der Waals surface area contributed by atoms with Gasteiger partial charge in [-0.15, -0.1) is 0 Å². The molecular formula is C15H23NO2. The van der Waals surface area contributed by atoms with E-state index in [0.29, 0.717) is 6.42 Å². The van der Waals surface area contributed by atoms with Crippen molar-refractivity contribution in [1.82, 2.24) is 4.98 Å². The van der Waals surface area contributed by atoms with Gasteiger partial charge in [0, 0.05) is 29.4 Å². The van der Waals surface area contributed by atoms with E-state index in [-0.39, 0.29) is 6.10 Å². The molecule has 3 heteroatoms. The second-order valence-electron chi connectivity index (χ2n) is 5.44. The Morgan fingerprint density at radius 3 is 2.72 bits per heavy atom. The molecule has 0 bridgehead atoms. The van der Waals surface area contributed by atoms with Crippen LogP contribution in [0.25, 0.3) is 0 Å². The van der Waals surface area contributed by atoms with Gasteiger partial charge in [-0.2, -0.15) is 0 Å². The van der Waals surface area contributed by atoms with Gasteiger partial charge < -0.3 is 9.84 Å². The van der Waals surface area contributed by atoms with E-state index in [1.807, 2.05) is 20.0 Å². The van der Waals surface area contributed by atoms with Gasteiger partial charge in [-0.3, -0.25) is 4.98 Å². The van der Waals surface area contributed by atoms with Gasteiger partial charge in [-0.1, -0.05) is 19.3 Å². The summed E-state index contributed by atoms with van der Waals surface area (Å²) >= 11 is 0. The Morgan fingerprint density at radius 2 is 2.17 bits per heavy atom. The van der Waals surface area contributed by atoms with Gasteiger partial charge in [0.05, 0.1) is 13.2 Å². The molecule has 1 aromatic heterocycles. The molecule has 1 aromatic rings. The fraction of sp³-hybridized carbons (Fsp3) is 0.667. The van der Waals surface area contributed by atoms with Gasteiger partial charge in [0.1, 0.15) is 5.75 Å². The average Bonchev–Trinajstić information content (AvgIpc) is 2.28. The quantitative estimate of drug-likeness (QED) is 0.872. The van der Waals surface area contributed by atoms with Crippen LogP contribution >= 0.6 is 0 Å². The maximum Gasteiger partial charge on any atom is 0.128 e. The molecule has 0 aromatic carbocycles. The molecule has 1 aliphatic rings. The number of rotatable bonds is 5. The maximum atomic E-state index is 10.1. The molecule has 1 saturated carbocycles. The van der Waals surface area contributed by atoms with Crippen LogP contribution in [0.5, 0.6) is 5.75 Å². The van der Waals surface area contributed by atoms with Crippen molar-refractivity contribution < 1.29 is 9.84 Å². The highest BCUT2D eigenvalue weighted by atomic mass is 16.5. The second-order valence-corrected chi connectivity index (χ2v) is 5.44. The molecular weight excluding hydrogens is 226 g/mol. The molecule has 0 aliphatic heterocycles. The standard InChI is InChI=1S/C15H23NO2/c1-10-9-16-14(11(2)15(10)18-3)8-13(17)7-12-5-4-6-12/h9,12-13,17H,4-8H2,1-3H3. The first-order valence-electron chi connectivity index (χ1n) is 6.79. The maximum absolute atomic E-state index is 10.1. The monoisotopic (exact) mass is 249 g/mol. The minimum Gasteiger partial charge on any atom is -0.496 e. The third-order valence-corrected chi connectivity index (χ3v) is 4.01. The highest BCUT2D eigenvalue weighted by Crippen LogP contribution is 2.31. The first kappa shape index (κ1) is 13.3. The number of aliphatic hydroxyl groups is 1. The Hall–Kier alpha value is -1.09. The van der Waals surface area contributed by atoms with Crippen LogP contribution in [-0.4, -0.2) is 23.3 Å². The van der Waals surface area contributed by atoms with Crippen molar-refractivity contribution in [2.24, 2.45) is 5.92 Å². The lowest BCUT2D eigenvalue weighted by Gasteiger charge is -2.27. The minimum absolute atomic E-state index is 0.270. The first-order chi connectivity index (χ1) is 8.61. The number of aromatic nitrogens is 1. The number of hydrogen-bond donors (Lipinski definition) is 1. The van der Waals surface area contributed by atoms with Crippen molar-refractivity contribution in [2.45, 2.75) is 52.1 Å². The van der Waals surface area contributed by atoms with Crippen molar-refractivity contribution in [3.05, 3.63) is 23.0 Å². The lowest BCUT2D eigenvalue weighted by molar-refractivity contribution is 0.117. The molecule has 1 heterocycles. The van der Waals surface area contributed by atoms with Crippen molar-refractivity contribution >= 4 is 0 Å². The van der Waals surface area contributed by atoms with Crippen LogP contribution in [-0.2, 0) is 6.42 Å². The molecule has 3 nitrogen and oxygen atoms in total. The van der Waals surface area contributed by atoms with E-state index < -0.39 is 0 Å². The van der Waals surface area contributed by atoms with E-state index in [1.54, 1.807) is 7.11 Å². The molecule has 0 radical (unpaired) electrons. The molecule has 1 fully saturated rings. The minimum atomic E-state index is -0.270. The van der Waals surface area contributed by atoms with Crippen molar-refractivity contribution in [3.8, 4) is 5.75 Å². The van der Waals surface area contributed by atoms with E-state index in [9.17, 15) is 5.11 Å². The summed E-state index contributed by atoms with van der Waals surface area (Å²) in [5.74, 6) is 1.63. The third-order valence-electron chi connectivity index (χ3n) is 4.01. The van der Waals surface area contributed by atoms with Crippen LogP contribution in [0, 0.1) is 19.8 Å². The highest BCUT2D eigenvalue weighted by molar-refractivity contribution is 5.41. The van der Waals surface area contributed by atoms with E-state index in [1.165, 1.54) is 19.3 Å². The number of pyridine rings is 1. The lowest BCUT2D eigenvalue weighted by Crippen LogP contribution is -2.21. The second kappa shape index (κ2) is 5.70. The molecule has 100 valence electrons. The summed E-state index contributed by atoms with van der Waals surface area (Å²) in [5, 5.41) is 10.1. The zero-order valence-electron chi connectivity index (χ0n) is 11.6. The van der Waals surface area contributed by atoms with E-state index in [0.717, 1.165) is 34.9 Å². The highest BCUT2D eigenvalue weighted by Gasteiger charge is 2.22. The Morgan fingerprint density at radius 1 is 1.44 bits per heavy atom. The average molecular weight is 249 g/mol. The van der Waals surface area contributed by atoms with Crippen LogP contribution < -0.4 is 4.74 Å². The van der Waals surface area contributed by atoms with Crippen molar-refractivity contribution in [2.75, 3.05) is 7.11 Å². The van der Waals surface area contributed by atoms with Crippen molar-refractivity contribution in [1.29, 1.82) is 0 Å². The van der Waals surface area contributed by atoms with Gasteiger partial charge in [0.15, 0.2) is 0 Å². The zero-order valence-corrected chi connectivity index (χ0v) is 11.6. The third kappa shape index (κ3) is 2.83. The Bertz CT molecular complexity index is 413. The van der Waals surface area contributed by atoms with E-state index in [2.05, 4.69) is 4.98 Å². The fourth-order valence-electron chi connectivity index (χ4n) is 2.70. The Labute approximate surface area is 109 Å². The molecule has 2 rings (SSSR count). The van der Waals surface area contributed by atoms with Gasteiger partial charge >= 0.3 is 0 Å². The first-order valence-corrected chi connectivity index (χ1v) is 6.79. The lowest BCUT2D eigenvalue weighted by atomic mass is 9.80. The van der Waals surface area contributed by atoms with Crippen LogP contribution in [0.4, 0.5) is 0 Å². The summed E-state index contributed by atoms with van der Waals surface area (Å²) in [5.41, 5.74) is 3.07. The van der Waals surface area contributed by atoms with E-state index >= 15 is 0 Å². The molecule has 0 saturated heterocycles. The van der Waals surface area contributed by atoms with Crippen LogP contribution in [0.15, 0.2) is 6.20 Å². The summed E-state index contributed by atoms with van der Waals surface area (Å²) in [4.78, 5) is 4.44. The number of hydrogen-bond acceptors (Lipinski definition) is 3. The van der Waals surface area contributed by atoms with Gasteiger partial charge in [-0.05, 0) is 26.2 Å². The molecule has 1 unspecified atom stereocenters. The van der Waals surface area contributed by atoms with Crippen LogP contribution in [0.2, 0.25) is 0 Å². The molecule has 18 heavy (non-hydrogen) atoms. The number of methoxy groups -OCH3 is 1. The SMILES string of the molecule is COc1c(C)cnc(CC(O)CC2CCC2)c1C. The predicted molar refractivity (Wildman–Crippen MR) is 71.9 cm³/mol. The number of aliphatic hydroxyl groups excluding tert-OH is 1. The Balaban J connectivity index is 2.03. The van der Waals surface area contributed by atoms with Crippen LogP contribution in [0.3, 0.4) is 0 Å². The molecule has 1 N–H and O–H groups in total. The summed E-state index contributed by atoms with van der Waals surface area (Å²) in [6.07, 6.45) is 7.00. The number of nitrogens with zero attached hydrogens (tertiary/aromatic N) is 1. The topological polar surface area (TPSA) is 42.4 Å². The van der Waals surface area contributed by atoms with Gasteiger partial charge in [-0.25, -0.2) is 0 Å². The normalized spacial score (nSPS) is 17.3.